The molecule has 3 N–H and O–H groups in total. The van der Waals surface area contributed by atoms with Gasteiger partial charge in [-0.3, -0.25) is 23.4 Å². The van der Waals surface area contributed by atoms with Gasteiger partial charge in [-0.1, -0.05) is 0 Å². The van der Waals surface area contributed by atoms with Crippen LogP contribution in [0.5, 0.6) is 0 Å². The summed E-state index contributed by atoms with van der Waals surface area (Å²) < 4.78 is 40.4. The zero-order valence-corrected chi connectivity index (χ0v) is 19.3. The van der Waals surface area contributed by atoms with Crippen molar-refractivity contribution in [3.05, 3.63) is 33.1 Å². The van der Waals surface area contributed by atoms with Crippen molar-refractivity contribution in [1.29, 1.82) is 0 Å². The smallest absolute Gasteiger partial charge is 0.331 e. The largest absolute Gasteiger partial charge is 0.374 e. The zero-order chi connectivity index (χ0) is 22.5. The van der Waals surface area contributed by atoms with E-state index in [4.69, 9.17) is 34.9 Å². The van der Waals surface area contributed by atoms with Gasteiger partial charge in [0.25, 0.3) is 5.56 Å². The van der Waals surface area contributed by atoms with Crippen molar-refractivity contribution in [2.75, 3.05) is 21.3 Å². The van der Waals surface area contributed by atoms with Gasteiger partial charge in [0.2, 0.25) is 0 Å². The second kappa shape index (κ2) is 8.32. The third-order valence-corrected chi connectivity index (χ3v) is 9.11. The summed E-state index contributed by atoms with van der Waals surface area (Å²) in [5.74, 6) is -0.490. The molecule has 1 saturated carbocycles. The van der Waals surface area contributed by atoms with Crippen molar-refractivity contribution in [3.8, 4) is 0 Å². The second-order valence-electron chi connectivity index (χ2n) is 7.21. The first-order valence-corrected chi connectivity index (χ1v) is 13.1. The van der Waals surface area contributed by atoms with Crippen molar-refractivity contribution >= 4 is 26.1 Å². The van der Waals surface area contributed by atoms with Crippen LogP contribution in [0.15, 0.2) is 21.9 Å². The second-order valence-corrected chi connectivity index (χ2v) is 12.3. The molecule has 1 aromatic heterocycles. The average molecular weight is 486 g/mol. The van der Waals surface area contributed by atoms with Gasteiger partial charge in [0.15, 0.2) is 5.72 Å². The molecule has 12 nitrogen and oxygen atoms in total. The van der Waals surface area contributed by atoms with E-state index >= 15 is 0 Å². The summed E-state index contributed by atoms with van der Waals surface area (Å²) in [4.78, 5) is 46.3. The number of rotatable bonds is 8. The Bertz CT molecular complexity index is 1010. The van der Waals surface area contributed by atoms with E-state index in [9.17, 15) is 23.9 Å². The maximum absolute atomic E-state index is 12.4. The lowest BCUT2D eigenvalue weighted by atomic mass is 10.0. The Morgan fingerprint density at radius 1 is 1.30 bits per heavy atom. The van der Waals surface area contributed by atoms with Crippen LogP contribution in [0, 0.1) is 5.92 Å². The topological polar surface area (TPSA) is 159 Å². The summed E-state index contributed by atoms with van der Waals surface area (Å²) in [6.45, 7) is -2.15. The van der Waals surface area contributed by atoms with Gasteiger partial charge in [-0.25, -0.2) is 4.79 Å². The molecule has 0 spiro atoms. The molecule has 1 saturated heterocycles. The van der Waals surface area contributed by atoms with Crippen molar-refractivity contribution < 1.29 is 37.4 Å². The molecule has 1 aliphatic heterocycles. The highest BCUT2D eigenvalue weighted by molar-refractivity contribution is 8.07. The van der Waals surface area contributed by atoms with Gasteiger partial charge in [-0.15, -0.1) is 0 Å². The molecular weight excluding hydrogens is 462 g/mol. The van der Waals surface area contributed by atoms with Gasteiger partial charge in [0.05, 0.1) is 11.8 Å². The van der Waals surface area contributed by atoms with E-state index in [0.717, 1.165) is 17.7 Å². The molecular formula is C15H24N2O10P2S. The van der Waals surface area contributed by atoms with Crippen LogP contribution in [0.25, 0.3) is 0 Å². The first-order chi connectivity index (χ1) is 13.9. The number of nitrogens with zero attached hydrogens (tertiary/aromatic N) is 1. The molecule has 6 unspecified atom stereocenters. The standard InChI is InChI=1S/C15H24N2O10P2S/c1-15(17-6-5-10(18)16-14(17)19)13(23-2)12(27-29(22,30)25-4)11(26-15)8-7-9(8)28(20,21)24-3/h5-6,8-9,11-13H,7H2,1-4H3,(H,20,21)(H,22,30)(H,16,18,19)/t8?,9?,11-,12?,13?,15-,29?/m1/s1. The molecule has 8 atom stereocenters. The van der Waals surface area contributed by atoms with E-state index < -0.39 is 61.2 Å². The minimum atomic E-state index is -3.89. The van der Waals surface area contributed by atoms with Crippen LogP contribution in [-0.2, 0) is 45.1 Å². The molecule has 0 radical (unpaired) electrons. The monoisotopic (exact) mass is 486 g/mol. The SMILES string of the molecule is COC1C(OP(O)(=S)OC)[C@@H](C2CC2P(=O)(O)OC)O[C@@]1(C)n1ccc(=O)[nH]c1=O. The molecule has 2 heterocycles. The summed E-state index contributed by atoms with van der Waals surface area (Å²) >= 11 is 4.97. The van der Waals surface area contributed by atoms with Gasteiger partial charge in [-0.05, 0) is 25.2 Å². The van der Waals surface area contributed by atoms with Gasteiger partial charge >= 0.3 is 20.0 Å². The Morgan fingerprint density at radius 3 is 2.50 bits per heavy atom. The maximum atomic E-state index is 12.4. The number of ether oxygens (including phenoxy) is 2. The summed E-state index contributed by atoms with van der Waals surface area (Å²) in [6, 6.07) is 1.14. The van der Waals surface area contributed by atoms with Gasteiger partial charge in [0.1, 0.15) is 12.2 Å². The summed E-state index contributed by atoms with van der Waals surface area (Å²) in [5.41, 5.74) is -3.55. The number of aromatic amines is 1. The lowest BCUT2D eigenvalue weighted by molar-refractivity contribution is -0.142. The lowest BCUT2D eigenvalue weighted by Gasteiger charge is -2.32. The fourth-order valence-electron chi connectivity index (χ4n) is 3.91. The van der Waals surface area contributed by atoms with Gasteiger partial charge in [-0.2, -0.15) is 0 Å². The fourth-order valence-corrected chi connectivity index (χ4v) is 6.26. The third-order valence-electron chi connectivity index (χ3n) is 5.47. The highest BCUT2D eigenvalue weighted by atomic mass is 32.5. The zero-order valence-electron chi connectivity index (χ0n) is 16.7. The summed E-state index contributed by atoms with van der Waals surface area (Å²) in [6.07, 6.45) is -1.38. The molecule has 1 aromatic rings. The number of hydrogen-bond acceptors (Lipinski definition) is 9. The molecule has 170 valence electrons. The Kier molecular flexibility index (Phi) is 6.64. The van der Waals surface area contributed by atoms with Crippen molar-refractivity contribution in [3.63, 3.8) is 0 Å². The summed E-state index contributed by atoms with van der Waals surface area (Å²) in [5, 5.41) is 0. The van der Waals surface area contributed by atoms with Crippen LogP contribution in [0.2, 0.25) is 0 Å². The van der Waals surface area contributed by atoms with Crippen LogP contribution in [0.3, 0.4) is 0 Å². The summed E-state index contributed by atoms with van der Waals surface area (Å²) in [7, 11) is -0.210. The van der Waals surface area contributed by atoms with Crippen molar-refractivity contribution in [2.45, 2.75) is 43.0 Å². The minimum absolute atomic E-state index is 0.292. The minimum Gasteiger partial charge on any atom is -0.374 e. The first kappa shape index (κ1) is 23.9. The van der Waals surface area contributed by atoms with E-state index in [1.807, 2.05) is 0 Å². The molecule has 3 rings (SSSR count). The number of hydrogen-bond donors (Lipinski definition) is 3. The number of H-pyrrole nitrogens is 1. The highest BCUT2D eigenvalue weighted by Gasteiger charge is 2.65. The predicted octanol–water partition coefficient (Wildman–Crippen LogP) is 0.0918. The number of nitrogens with one attached hydrogen (secondary N) is 1. The van der Waals surface area contributed by atoms with E-state index in [1.165, 1.54) is 27.3 Å². The Hall–Kier alpha value is -0.720. The molecule has 0 amide bonds. The maximum Gasteiger partial charge on any atom is 0.331 e. The van der Waals surface area contributed by atoms with Crippen molar-refractivity contribution in [1.82, 2.24) is 9.55 Å². The quantitative estimate of drug-likeness (QED) is 0.428. The average Bonchev–Trinajstić information content (AvgIpc) is 3.42. The molecule has 0 bridgehead atoms. The van der Waals surface area contributed by atoms with E-state index in [2.05, 4.69) is 4.98 Å². The van der Waals surface area contributed by atoms with Crippen LogP contribution in [-0.4, -0.2) is 64.6 Å². The fraction of sp³-hybridized carbons (Fsp3) is 0.733. The van der Waals surface area contributed by atoms with E-state index in [-0.39, 0.29) is 0 Å². The number of methoxy groups -OCH3 is 1. The lowest BCUT2D eigenvalue weighted by Crippen LogP contribution is -2.50. The van der Waals surface area contributed by atoms with E-state index in [1.54, 1.807) is 0 Å². The highest BCUT2D eigenvalue weighted by Crippen LogP contribution is 2.65. The molecule has 2 fully saturated rings. The van der Waals surface area contributed by atoms with E-state index in [0.29, 0.717) is 6.42 Å². The van der Waals surface area contributed by atoms with Gasteiger partial charge in [0, 0.05) is 39.5 Å². The molecule has 15 heteroatoms. The normalized spacial score (nSPS) is 37.5. The first-order valence-electron chi connectivity index (χ1n) is 8.88. The van der Waals surface area contributed by atoms with Crippen LogP contribution in [0.4, 0.5) is 0 Å². The van der Waals surface area contributed by atoms with Crippen LogP contribution in [0.1, 0.15) is 13.3 Å². The Labute approximate surface area is 176 Å². The molecule has 2 aliphatic rings. The number of aromatic nitrogens is 2. The van der Waals surface area contributed by atoms with Crippen molar-refractivity contribution in [2.24, 2.45) is 5.92 Å². The van der Waals surface area contributed by atoms with Crippen LogP contribution >= 0.6 is 14.3 Å². The Morgan fingerprint density at radius 2 is 1.97 bits per heavy atom. The van der Waals surface area contributed by atoms with Gasteiger partial charge < -0.3 is 28.3 Å². The third kappa shape index (κ3) is 4.29. The molecule has 30 heavy (non-hydrogen) atoms. The predicted molar refractivity (Wildman–Crippen MR) is 108 cm³/mol. The Balaban J connectivity index is 2.05. The molecule has 0 aromatic carbocycles. The van der Waals surface area contributed by atoms with Crippen LogP contribution < -0.4 is 11.2 Å². The molecule has 1 aliphatic carbocycles.